The van der Waals surface area contributed by atoms with Gasteiger partial charge in [-0.3, -0.25) is 19.2 Å². The Morgan fingerprint density at radius 2 is 1.62 bits per heavy atom. The van der Waals surface area contributed by atoms with Crippen LogP contribution in [-0.2, 0) is 23.0 Å². The number of non-ortho nitro benzene ring substituents is 1. The first-order chi connectivity index (χ1) is 16.0. The summed E-state index contributed by atoms with van der Waals surface area (Å²) in [7, 11) is -3.81. The van der Waals surface area contributed by atoms with Gasteiger partial charge in [0.25, 0.3) is 11.6 Å². The molecule has 0 aliphatic rings. The van der Waals surface area contributed by atoms with Crippen molar-refractivity contribution in [3.05, 3.63) is 104 Å². The number of nitrogens with one attached hydrogen (secondary N) is 1. The normalized spacial score (nSPS) is 11.1. The zero-order valence-corrected chi connectivity index (χ0v) is 20.4. The van der Waals surface area contributed by atoms with Crippen molar-refractivity contribution in [1.29, 1.82) is 0 Å². The van der Waals surface area contributed by atoms with E-state index in [1.165, 1.54) is 12.1 Å². The summed E-state index contributed by atoms with van der Waals surface area (Å²) in [6.45, 7) is 0.327. The lowest BCUT2D eigenvalue weighted by atomic mass is 10.1. The molecule has 0 radical (unpaired) electrons. The summed E-state index contributed by atoms with van der Waals surface area (Å²) in [5.41, 5.74) is 1.76. The van der Waals surface area contributed by atoms with Crippen molar-refractivity contribution in [2.24, 2.45) is 0 Å². The van der Waals surface area contributed by atoms with E-state index in [0.717, 1.165) is 22.2 Å². The fourth-order valence-corrected chi connectivity index (χ4v) is 4.48. The number of benzene rings is 3. The lowest BCUT2D eigenvalue weighted by molar-refractivity contribution is -0.384. The molecule has 34 heavy (non-hydrogen) atoms. The Balaban J connectivity index is 1.70. The molecule has 0 spiro atoms. The van der Waals surface area contributed by atoms with E-state index in [1.807, 2.05) is 12.1 Å². The van der Waals surface area contributed by atoms with Crippen LogP contribution in [0, 0.1) is 10.1 Å². The Morgan fingerprint density at radius 3 is 2.21 bits per heavy atom. The van der Waals surface area contributed by atoms with Gasteiger partial charge in [-0.2, -0.15) is 0 Å². The number of hydrogen-bond acceptors (Lipinski definition) is 5. The predicted molar refractivity (Wildman–Crippen MR) is 133 cm³/mol. The Morgan fingerprint density at radius 1 is 1.00 bits per heavy atom. The molecule has 0 aromatic heterocycles. The molecule has 0 atom stereocenters. The standard InChI is InChI=1S/C23H21Cl2N3O5S/c1-34(32,33)27(22-14-20(28(30)31)10-11-21(22)25)15-17-2-6-18(7-3-17)23(29)26-13-12-16-4-8-19(24)9-5-16/h2-11,14H,12-13,15H2,1H3,(H,26,29). The van der Waals surface area contributed by atoms with E-state index in [2.05, 4.69) is 5.32 Å². The van der Waals surface area contributed by atoms with Crippen molar-refractivity contribution in [2.45, 2.75) is 13.0 Å². The number of anilines is 1. The highest BCUT2D eigenvalue weighted by molar-refractivity contribution is 7.92. The molecule has 0 bridgehead atoms. The minimum atomic E-state index is -3.81. The van der Waals surface area contributed by atoms with Gasteiger partial charge in [-0.15, -0.1) is 0 Å². The first-order valence-corrected chi connectivity index (χ1v) is 12.7. The quantitative estimate of drug-likeness (QED) is 0.320. The average molecular weight is 522 g/mol. The molecular formula is C23H21Cl2N3O5S. The van der Waals surface area contributed by atoms with E-state index < -0.39 is 14.9 Å². The van der Waals surface area contributed by atoms with E-state index >= 15 is 0 Å². The first kappa shape index (κ1) is 25.5. The Bertz CT molecular complexity index is 1300. The van der Waals surface area contributed by atoms with Gasteiger partial charge in [0.15, 0.2) is 0 Å². The smallest absolute Gasteiger partial charge is 0.271 e. The summed E-state index contributed by atoms with van der Waals surface area (Å²) in [6.07, 6.45) is 1.64. The number of nitrogens with zero attached hydrogens (tertiary/aromatic N) is 2. The van der Waals surface area contributed by atoms with Crippen molar-refractivity contribution >= 4 is 50.5 Å². The summed E-state index contributed by atoms with van der Waals surface area (Å²) < 4.78 is 25.8. The lowest BCUT2D eigenvalue weighted by Crippen LogP contribution is -2.29. The highest BCUT2D eigenvalue weighted by atomic mass is 35.5. The fourth-order valence-electron chi connectivity index (χ4n) is 3.19. The molecule has 0 aliphatic carbocycles. The van der Waals surface area contributed by atoms with Crippen LogP contribution in [0.2, 0.25) is 10.0 Å². The zero-order valence-electron chi connectivity index (χ0n) is 18.1. The number of halogens is 2. The van der Waals surface area contributed by atoms with Gasteiger partial charge >= 0.3 is 0 Å². The highest BCUT2D eigenvalue weighted by Crippen LogP contribution is 2.32. The molecule has 11 heteroatoms. The van der Waals surface area contributed by atoms with Crippen molar-refractivity contribution in [1.82, 2.24) is 5.32 Å². The summed E-state index contributed by atoms with van der Waals surface area (Å²) in [5, 5.41) is 14.7. The lowest BCUT2D eigenvalue weighted by Gasteiger charge is -2.23. The van der Waals surface area contributed by atoms with Crippen LogP contribution in [0.15, 0.2) is 66.7 Å². The zero-order chi connectivity index (χ0) is 24.9. The van der Waals surface area contributed by atoms with Gasteiger partial charge < -0.3 is 5.32 Å². The number of carbonyl (C=O) groups is 1. The van der Waals surface area contributed by atoms with Crippen LogP contribution in [0.5, 0.6) is 0 Å². The molecule has 0 heterocycles. The van der Waals surface area contributed by atoms with E-state index in [0.29, 0.717) is 29.1 Å². The number of amides is 1. The first-order valence-electron chi connectivity index (χ1n) is 10.1. The molecule has 3 rings (SSSR count). The van der Waals surface area contributed by atoms with Gasteiger partial charge in [0, 0.05) is 29.3 Å². The molecule has 0 aliphatic heterocycles. The molecule has 0 saturated carbocycles. The topological polar surface area (TPSA) is 110 Å². The fraction of sp³-hybridized carbons (Fsp3) is 0.174. The molecule has 8 nitrogen and oxygen atoms in total. The van der Waals surface area contributed by atoms with Crippen molar-refractivity contribution in [3.63, 3.8) is 0 Å². The van der Waals surface area contributed by atoms with Gasteiger partial charge in [-0.1, -0.05) is 47.5 Å². The number of rotatable bonds is 9. The van der Waals surface area contributed by atoms with Crippen molar-refractivity contribution in [2.75, 3.05) is 17.1 Å². The molecule has 1 amide bonds. The monoisotopic (exact) mass is 521 g/mol. The molecule has 0 unspecified atom stereocenters. The molecule has 178 valence electrons. The Labute approximate surface area is 207 Å². The Kier molecular flexibility index (Phi) is 8.14. The third-order valence-electron chi connectivity index (χ3n) is 4.96. The third kappa shape index (κ3) is 6.69. The van der Waals surface area contributed by atoms with Crippen LogP contribution in [0.4, 0.5) is 11.4 Å². The van der Waals surface area contributed by atoms with Gasteiger partial charge in [-0.05, 0) is 47.9 Å². The predicted octanol–water partition coefficient (Wildman–Crippen LogP) is 4.84. The molecule has 0 fully saturated rings. The van der Waals surface area contributed by atoms with Crippen LogP contribution >= 0.6 is 23.2 Å². The van der Waals surface area contributed by atoms with Crippen LogP contribution in [0.3, 0.4) is 0 Å². The van der Waals surface area contributed by atoms with Crippen LogP contribution in [-0.4, -0.2) is 32.0 Å². The van der Waals surface area contributed by atoms with Gasteiger partial charge in [0.2, 0.25) is 10.0 Å². The van der Waals surface area contributed by atoms with Gasteiger partial charge in [-0.25, -0.2) is 8.42 Å². The maximum atomic E-state index is 12.4. The largest absolute Gasteiger partial charge is 0.352 e. The van der Waals surface area contributed by atoms with Gasteiger partial charge in [0.05, 0.1) is 28.4 Å². The summed E-state index contributed by atoms with van der Waals surface area (Å²) in [6, 6.07) is 17.4. The number of hydrogen-bond donors (Lipinski definition) is 1. The average Bonchev–Trinajstić information content (AvgIpc) is 2.79. The van der Waals surface area contributed by atoms with Crippen molar-refractivity contribution < 1.29 is 18.1 Å². The van der Waals surface area contributed by atoms with E-state index in [-0.39, 0.29) is 28.8 Å². The summed E-state index contributed by atoms with van der Waals surface area (Å²) in [4.78, 5) is 22.9. The second-order valence-corrected chi connectivity index (χ2v) is 10.2. The number of carbonyl (C=O) groups excluding carboxylic acids is 1. The number of nitro groups is 1. The summed E-state index contributed by atoms with van der Waals surface area (Å²) >= 11 is 12.0. The SMILES string of the molecule is CS(=O)(=O)N(Cc1ccc(C(=O)NCCc2ccc(Cl)cc2)cc1)c1cc([N+](=O)[O-])ccc1Cl. The van der Waals surface area contributed by atoms with E-state index in [9.17, 15) is 23.3 Å². The number of sulfonamides is 1. The minimum absolute atomic E-state index is 0.00221. The molecule has 3 aromatic rings. The van der Waals surface area contributed by atoms with Gasteiger partial charge in [0.1, 0.15) is 0 Å². The van der Waals surface area contributed by atoms with Crippen LogP contribution < -0.4 is 9.62 Å². The molecule has 1 N–H and O–H groups in total. The molecular weight excluding hydrogens is 501 g/mol. The maximum absolute atomic E-state index is 12.4. The van der Waals surface area contributed by atoms with Crippen LogP contribution in [0.25, 0.3) is 0 Å². The summed E-state index contributed by atoms with van der Waals surface area (Å²) in [5.74, 6) is -0.262. The van der Waals surface area contributed by atoms with E-state index in [4.69, 9.17) is 23.2 Å². The maximum Gasteiger partial charge on any atom is 0.271 e. The number of nitro benzene ring substituents is 1. The van der Waals surface area contributed by atoms with Crippen molar-refractivity contribution in [3.8, 4) is 0 Å². The highest BCUT2D eigenvalue weighted by Gasteiger charge is 2.23. The minimum Gasteiger partial charge on any atom is -0.352 e. The second kappa shape index (κ2) is 10.9. The molecule has 3 aromatic carbocycles. The Hall–Kier alpha value is -3.14. The van der Waals surface area contributed by atoms with Crippen LogP contribution in [0.1, 0.15) is 21.5 Å². The molecule has 0 saturated heterocycles. The second-order valence-electron chi connectivity index (χ2n) is 7.49. The van der Waals surface area contributed by atoms with E-state index in [1.54, 1.807) is 36.4 Å². The third-order valence-corrected chi connectivity index (χ3v) is 6.66.